The third-order valence-corrected chi connectivity index (χ3v) is 9.72. The van der Waals surface area contributed by atoms with E-state index in [0.717, 1.165) is 68.2 Å². The molecule has 0 fully saturated rings. The zero-order valence-electron chi connectivity index (χ0n) is 34.8. The maximum Gasteiger partial charge on any atom is 0.335 e. The van der Waals surface area contributed by atoms with Gasteiger partial charge in [0, 0.05) is 40.2 Å². The Hall–Kier alpha value is -8.55. The summed E-state index contributed by atoms with van der Waals surface area (Å²) in [5.74, 6) is 2.10. The molecule has 0 N–H and O–H groups in total. The average molecular weight is 827 g/mol. The first-order valence-electron chi connectivity index (χ1n) is 20.2. The minimum absolute atomic E-state index is 0.434. The first-order valence-corrected chi connectivity index (χ1v) is 20.2. The maximum absolute atomic E-state index is 11.8. The van der Waals surface area contributed by atoms with Gasteiger partial charge in [0.15, 0.2) is 0 Å². The van der Waals surface area contributed by atoms with Crippen molar-refractivity contribution in [3.8, 4) is 23.0 Å². The lowest BCUT2D eigenvalue weighted by Crippen LogP contribution is -2.10. The average Bonchev–Trinajstić information content (AvgIpc) is 3.33. The van der Waals surface area contributed by atoms with Gasteiger partial charge in [0.1, 0.15) is 29.6 Å². The van der Waals surface area contributed by atoms with E-state index >= 15 is 0 Å². The molecule has 0 aliphatic rings. The SMILES string of the molecule is C=CCOc1ccc(N(c2ccc(C=Cc3cccc(C=Cc4ccc(N(c5ccc(OC=C)cc5)c5ccc(OC(=O)C=C)cc5)cc4)c3)cc2)c2ccc(OC=C)cc2)cc1. The minimum atomic E-state index is -0.511. The fourth-order valence-electron chi connectivity index (χ4n) is 6.72. The van der Waals surface area contributed by atoms with Crippen LogP contribution in [0.1, 0.15) is 22.3 Å². The molecule has 0 atom stereocenters. The van der Waals surface area contributed by atoms with Crippen LogP contribution in [-0.2, 0) is 4.79 Å². The Labute approximate surface area is 369 Å². The van der Waals surface area contributed by atoms with Gasteiger partial charge in [-0.15, -0.1) is 0 Å². The molecule has 0 spiro atoms. The molecule has 0 saturated carbocycles. The van der Waals surface area contributed by atoms with Crippen molar-refractivity contribution in [1.29, 1.82) is 0 Å². The fraction of sp³-hybridized carbons (Fsp3) is 0.0179. The number of hydrogen-bond donors (Lipinski definition) is 0. The number of ether oxygens (including phenoxy) is 4. The van der Waals surface area contributed by atoms with Crippen molar-refractivity contribution < 1.29 is 23.7 Å². The molecule has 7 heteroatoms. The van der Waals surface area contributed by atoms with Crippen LogP contribution in [0.25, 0.3) is 24.3 Å². The molecule has 0 amide bonds. The summed E-state index contributed by atoms with van der Waals surface area (Å²) in [6.45, 7) is 15.0. The van der Waals surface area contributed by atoms with E-state index in [1.54, 1.807) is 18.2 Å². The zero-order valence-corrected chi connectivity index (χ0v) is 34.8. The van der Waals surface area contributed by atoms with E-state index in [1.165, 1.54) is 12.5 Å². The van der Waals surface area contributed by atoms with Gasteiger partial charge in [-0.05, 0) is 150 Å². The Balaban J connectivity index is 1.06. The first-order chi connectivity index (χ1) is 30.9. The topological polar surface area (TPSA) is 60.5 Å². The Morgan fingerprint density at radius 2 is 0.778 bits per heavy atom. The lowest BCUT2D eigenvalue weighted by atomic mass is 10.1. The van der Waals surface area contributed by atoms with Gasteiger partial charge in [-0.1, -0.05) is 99.2 Å². The van der Waals surface area contributed by atoms with Gasteiger partial charge in [0.2, 0.25) is 0 Å². The van der Waals surface area contributed by atoms with Crippen molar-refractivity contribution in [3.05, 3.63) is 243 Å². The Morgan fingerprint density at radius 1 is 0.429 bits per heavy atom. The maximum atomic E-state index is 11.8. The number of hydrogen-bond acceptors (Lipinski definition) is 7. The van der Waals surface area contributed by atoms with Crippen LogP contribution in [0.15, 0.2) is 221 Å². The molecule has 63 heavy (non-hydrogen) atoms. The summed E-state index contributed by atoms with van der Waals surface area (Å²) in [6.07, 6.45) is 14.2. The second-order valence-electron chi connectivity index (χ2n) is 14.0. The summed E-state index contributed by atoms with van der Waals surface area (Å²) < 4.78 is 22.0. The normalized spacial score (nSPS) is 10.8. The minimum Gasteiger partial charge on any atom is -0.490 e. The molecule has 0 radical (unpaired) electrons. The van der Waals surface area contributed by atoms with E-state index in [-0.39, 0.29) is 0 Å². The predicted octanol–water partition coefficient (Wildman–Crippen LogP) is 14.7. The molecule has 0 aliphatic carbocycles. The van der Waals surface area contributed by atoms with Gasteiger partial charge in [-0.25, -0.2) is 4.79 Å². The van der Waals surface area contributed by atoms with E-state index in [1.807, 2.05) is 84.9 Å². The molecule has 0 heterocycles. The zero-order chi connectivity index (χ0) is 43.8. The van der Waals surface area contributed by atoms with Crippen LogP contribution in [0.5, 0.6) is 23.0 Å². The highest BCUT2D eigenvalue weighted by molar-refractivity contribution is 5.84. The quantitative estimate of drug-likeness (QED) is 0.0201. The highest BCUT2D eigenvalue weighted by atomic mass is 16.5. The second kappa shape index (κ2) is 21.1. The van der Waals surface area contributed by atoms with Crippen molar-refractivity contribution >= 4 is 64.4 Å². The van der Waals surface area contributed by atoms with E-state index < -0.39 is 5.97 Å². The Bertz CT molecular complexity index is 2700. The van der Waals surface area contributed by atoms with Crippen molar-refractivity contribution in [3.63, 3.8) is 0 Å². The Kier molecular flexibility index (Phi) is 14.3. The number of esters is 1. The lowest BCUT2D eigenvalue weighted by molar-refractivity contribution is -0.128. The summed E-state index contributed by atoms with van der Waals surface area (Å²) in [4.78, 5) is 16.1. The Morgan fingerprint density at radius 3 is 1.14 bits per heavy atom. The monoisotopic (exact) mass is 826 g/mol. The van der Waals surface area contributed by atoms with Gasteiger partial charge >= 0.3 is 5.97 Å². The van der Waals surface area contributed by atoms with Crippen molar-refractivity contribution in [2.45, 2.75) is 0 Å². The molecule has 7 nitrogen and oxygen atoms in total. The first kappa shape index (κ1) is 42.6. The van der Waals surface area contributed by atoms with Crippen LogP contribution in [0.3, 0.4) is 0 Å². The molecule has 7 rings (SSSR count). The summed E-state index contributed by atoms with van der Waals surface area (Å²) in [6, 6.07) is 56.2. The highest BCUT2D eigenvalue weighted by Crippen LogP contribution is 2.38. The van der Waals surface area contributed by atoms with E-state index in [9.17, 15) is 4.79 Å². The smallest absolute Gasteiger partial charge is 0.335 e. The van der Waals surface area contributed by atoms with Gasteiger partial charge in [0.25, 0.3) is 0 Å². The number of carbonyl (C=O) groups excluding carboxylic acids is 1. The van der Waals surface area contributed by atoms with Crippen molar-refractivity contribution in [1.82, 2.24) is 0 Å². The van der Waals surface area contributed by atoms with Crippen LogP contribution >= 0.6 is 0 Å². The molecule has 0 saturated heterocycles. The lowest BCUT2D eigenvalue weighted by Gasteiger charge is -2.26. The van der Waals surface area contributed by atoms with Crippen LogP contribution in [0.2, 0.25) is 0 Å². The third kappa shape index (κ3) is 11.4. The predicted molar refractivity (Wildman–Crippen MR) is 260 cm³/mol. The largest absolute Gasteiger partial charge is 0.490 e. The summed E-state index contributed by atoms with van der Waals surface area (Å²) in [5.41, 5.74) is 10.0. The molecule has 0 unspecified atom stereocenters. The van der Waals surface area contributed by atoms with Gasteiger partial charge in [-0.3, -0.25) is 0 Å². The van der Waals surface area contributed by atoms with Crippen LogP contribution in [0.4, 0.5) is 34.1 Å². The summed E-state index contributed by atoms with van der Waals surface area (Å²) in [7, 11) is 0. The van der Waals surface area contributed by atoms with Gasteiger partial charge < -0.3 is 28.7 Å². The van der Waals surface area contributed by atoms with E-state index in [0.29, 0.717) is 23.9 Å². The summed E-state index contributed by atoms with van der Waals surface area (Å²) >= 11 is 0. The molecule has 310 valence electrons. The highest BCUT2D eigenvalue weighted by Gasteiger charge is 2.15. The molecule has 0 aromatic heterocycles. The molecule has 7 aromatic carbocycles. The van der Waals surface area contributed by atoms with E-state index in [2.05, 4.69) is 133 Å². The van der Waals surface area contributed by atoms with Crippen LogP contribution in [0, 0.1) is 0 Å². The van der Waals surface area contributed by atoms with Gasteiger partial charge in [-0.2, -0.15) is 0 Å². The number of benzene rings is 7. The molecular formula is C56H46N2O5. The number of nitrogens with zero attached hydrogens (tertiary/aromatic N) is 2. The van der Waals surface area contributed by atoms with Crippen LogP contribution < -0.4 is 28.7 Å². The molecular weight excluding hydrogens is 781 g/mol. The van der Waals surface area contributed by atoms with Crippen LogP contribution in [-0.4, -0.2) is 12.6 Å². The number of carbonyl (C=O) groups is 1. The second-order valence-corrected chi connectivity index (χ2v) is 14.0. The van der Waals surface area contributed by atoms with Crippen molar-refractivity contribution in [2.75, 3.05) is 16.4 Å². The summed E-state index contributed by atoms with van der Waals surface area (Å²) in [5, 5.41) is 0. The molecule has 0 aliphatic heterocycles. The fourth-order valence-corrected chi connectivity index (χ4v) is 6.72. The third-order valence-electron chi connectivity index (χ3n) is 9.72. The molecule has 0 bridgehead atoms. The number of anilines is 6. The van der Waals surface area contributed by atoms with Crippen molar-refractivity contribution in [2.24, 2.45) is 0 Å². The number of rotatable bonds is 19. The standard InChI is InChI=1S/C56H46N2O5/c1-5-40-62-54-36-28-50(29-37-54)57(48-24-32-52(33-25-48)60-7-3)46-20-16-42(17-21-46)12-14-44-10-9-11-45(41-44)15-13-43-18-22-47(23-19-43)58(49-26-34-53(35-27-49)61-8-4)51-30-38-55(39-31-51)63-56(59)6-2/h5-39,41H,1-4,40H2. The van der Waals surface area contributed by atoms with E-state index in [4.69, 9.17) is 18.9 Å². The molecule has 7 aromatic rings. The van der Waals surface area contributed by atoms with Gasteiger partial charge in [0.05, 0.1) is 12.5 Å².